The Bertz CT molecular complexity index is 1240. The largest absolute Gasteiger partial charge is 0.462 e. The van der Waals surface area contributed by atoms with Gasteiger partial charge in [-0.25, -0.2) is 0 Å². The molecule has 0 bridgehead atoms. The van der Waals surface area contributed by atoms with E-state index >= 15 is 0 Å². The predicted octanol–water partition coefficient (Wildman–Crippen LogP) is 4.37. The Kier molecular flexibility index (Phi) is 29.5. The summed E-state index contributed by atoms with van der Waals surface area (Å²) < 4.78 is 33.4. The minimum Gasteiger partial charge on any atom is -0.462 e. The number of aliphatic hydroxyl groups is 7. The highest BCUT2D eigenvalue weighted by Crippen LogP contribution is 2.26. The molecule has 2 rings (SSSR count). The number of hydrogen-bond donors (Lipinski definition) is 7. The topological polar surface area (TPSA) is 231 Å². The van der Waals surface area contributed by atoms with E-state index in [-0.39, 0.29) is 19.4 Å². The molecule has 15 heteroatoms. The average Bonchev–Trinajstić information content (AvgIpc) is 3.24. The van der Waals surface area contributed by atoms with Crippen LogP contribution in [0.15, 0.2) is 48.6 Å². The molecule has 7 N–H and O–H groups in total. The van der Waals surface area contributed by atoms with Crippen molar-refractivity contribution in [1.29, 1.82) is 0 Å². The van der Waals surface area contributed by atoms with E-state index in [1.165, 1.54) is 12.8 Å². The van der Waals surface area contributed by atoms with E-state index in [9.17, 15) is 45.3 Å². The molecule has 0 aromatic carbocycles. The van der Waals surface area contributed by atoms with E-state index < -0.39 is 99.3 Å². The number of allylic oxidation sites excluding steroid dienone is 8. The van der Waals surface area contributed by atoms with E-state index in [4.69, 9.17) is 28.4 Å². The number of ether oxygens (including phenoxy) is 6. The summed E-state index contributed by atoms with van der Waals surface area (Å²) in [6.45, 7) is 2.35. The molecular weight excluding hydrogens is 780 g/mol. The van der Waals surface area contributed by atoms with Crippen molar-refractivity contribution in [3.05, 3.63) is 48.6 Å². The van der Waals surface area contributed by atoms with Gasteiger partial charge in [-0.1, -0.05) is 101 Å². The van der Waals surface area contributed by atoms with Crippen LogP contribution in [-0.2, 0) is 38.0 Å². The molecule has 15 nitrogen and oxygen atoms in total. The van der Waals surface area contributed by atoms with Gasteiger partial charge in [0.05, 0.1) is 19.8 Å². The molecule has 2 saturated heterocycles. The third-order valence-electron chi connectivity index (χ3n) is 10.3. The van der Waals surface area contributed by atoms with Gasteiger partial charge in [0, 0.05) is 12.8 Å². The third kappa shape index (κ3) is 22.0. The number of hydrogen-bond acceptors (Lipinski definition) is 15. The summed E-state index contributed by atoms with van der Waals surface area (Å²) in [7, 11) is 0. The minimum atomic E-state index is -1.77. The Hall–Kier alpha value is -2.54. The molecule has 2 aliphatic rings. The van der Waals surface area contributed by atoms with E-state index in [2.05, 4.69) is 62.5 Å². The maximum Gasteiger partial charge on any atom is 0.306 e. The molecule has 2 fully saturated rings. The zero-order chi connectivity index (χ0) is 44.0. The lowest BCUT2D eigenvalue weighted by Crippen LogP contribution is -2.61. The van der Waals surface area contributed by atoms with Crippen molar-refractivity contribution in [3.63, 3.8) is 0 Å². The van der Waals surface area contributed by atoms with Crippen molar-refractivity contribution in [2.24, 2.45) is 0 Å². The van der Waals surface area contributed by atoms with Gasteiger partial charge in [0.25, 0.3) is 0 Å². The normalized spacial score (nSPS) is 28.0. The molecule has 0 aromatic rings. The summed E-state index contributed by atoms with van der Waals surface area (Å²) in [5.74, 6) is -0.978. The van der Waals surface area contributed by atoms with E-state index in [1.807, 2.05) is 0 Å². The lowest BCUT2D eigenvalue weighted by molar-refractivity contribution is -0.332. The second kappa shape index (κ2) is 33.1. The van der Waals surface area contributed by atoms with Gasteiger partial charge in [0.2, 0.25) is 0 Å². The highest BCUT2D eigenvalue weighted by molar-refractivity contribution is 5.70. The molecule has 0 aliphatic carbocycles. The number of esters is 2. The molecule has 11 unspecified atom stereocenters. The molecule has 0 radical (unpaired) electrons. The number of aliphatic hydroxyl groups excluding tert-OH is 7. The quantitative estimate of drug-likeness (QED) is 0.0283. The summed E-state index contributed by atoms with van der Waals surface area (Å²) in [6, 6.07) is 0. The third-order valence-corrected chi connectivity index (χ3v) is 10.3. The van der Waals surface area contributed by atoms with Crippen LogP contribution in [-0.4, -0.2) is 142 Å². The van der Waals surface area contributed by atoms with Crippen molar-refractivity contribution in [2.45, 2.75) is 197 Å². The fraction of sp³-hybridized carbons (Fsp3) is 0.778. The van der Waals surface area contributed by atoms with E-state index in [0.717, 1.165) is 77.0 Å². The Morgan fingerprint density at radius 2 is 1.05 bits per heavy atom. The highest BCUT2D eigenvalue weighted by atomic mass is 16.7. The van der Waals surface area contributed by atoms with Gasteiger partial charge in [-0.2, -0.15) is 0 Å². The molecule has 0 amide bonds. The summed E-state index contributed by atoms with van der Waals surface area (Å²) in [4.78, 5) is 25.5. The SMILES string of the molecule is CC/C=C\C/C=C\C/C=C\CCCCCC(=O)OC(COC(=O)CCCCCCC/C=C\CCCC)COC1OC(COC2OC(CO)C(O)C(O)C2O)C(O)C(O)C1O. The van der Waals surface area contributed by atoms with Crippen LogP contribution < -0.4 is 0 Å². The highest BCUT2D eigenvalue weighted by Gasteiger charge is 2.47. The van der Waals surface area contributed by atoms with Crippen LogP contribution in [0.3, 0.4) is 0 Å². The molecule has 0 aromatic heterocycles. The number of carbonyl (C=O) groups is 2. The number of rotatable bonds is 32. The van der Waals surface area contributed by atoms with E-state index in [1.54, 1.807) is 0 Å². The molecule has 0 saturated carbocycles. The van der Waals surface area contributed by atoms with Crippen molar-refractivity contribution < 1.29 is 73.8 Å². The lowest BCUT2D eigenvalue weighted by Gasteiger charge is -2.42. The van der Waals surface area contributed by atoms with Gasteiger partial charge in [0.15, 0.2) is 18.7 Å². The average molecular weight is 857 g/mol. The summed E-state index contributed by atoms with van der Waals surface area (Å²) >= 11 is 0. The summed E-state index contributed by atoms with van der Waals surface area (Å²) in [5, 5.41) is 71.8. The van der Waals surface area contributed by atoms with Crippen molar-refractivity contribution in [1.82, 2.24) is 0 Å². The second-order valence-electron chi connectivity index (χ2n) is 15.5. The smallest absolute Gasteiger partial charge is 0.306 e. The molecule has 2 aliphatic heterocycles. The summed E-state index contributed by atoms with van der Waals surface area (Å²) in [6.07, 6.45) is 16.0. The first-order valence-electron chi connectivity index (χ1n) is 22.2. The second-order valence-corrected chi connectivity index (χ2v) is 15.5. The van der Waals surface area contributed by atoms with E-state index in [0.29, 0.717) is 12.8 Å². The molecule has 0 spiro atoms. The molecule has 11 atom stereocenters. The molecule has 346 valence electrons. The standard InChI is InChI=1S/C45H76O15/c1-3-5-7-9-11-13-15-16-18-20-22-24-26-28-37(48)58-33(30-55-36(47)27-25-23-21-19-17-14-12-10-8-6-4-2)31-56-44-43(54)41(52)39(50)35(60-44)32-57-45-42(53)40(51)38(49)34(29-46)59-45/h5,7,10-13,16,18,33-35,38-46,49-54H,3-4,6,8-9,14-15,17,19-32H2,1-2H3/b7-5-,12-10-,13-11-,18-16-. The first-order chi connectivity index (χ1) is 29.0. The Morgan fingerprint density at radius 1 is 0.550 bits per heavy atom. The van der Waals surface area contributed by atoms with Gasteiger partial charge in [-0.05, 0) is 64.2 Å². The van der Waals surface area contributed by atoms with Gasteiger partial charge in [-0.15, -0.1) is 0 Å². The maximum atomic E-state index is 12.9. The predicted molar refractivity (Wildman–Crippen MR) is 224 cm³/mol. The van der Waals surface area contributed by atoms with Crippen LogP contribution in [0.5, 0.6) is 0 Å². The minimum absolute atomic E-state index is 0.127. The fourth-order valence-corrected chi connectivity index (χ4v) is 6.56. The Morgan fingerprint density at radius 3 is 1.68 bits per heavy atom. The van der Waals surface area contributed by atoms with Gasteiger partial charge in [-0.3, -0.25) is 9.59 Å². The van der Waals surface area contributed by atoms with Crippen LogP contribution in [0.4, 0.5) is 0 Å². The first-order valence-corrected chi connectivity index (χ1v) is 22.2. The van der Waals surface area contributed by atoms with Crippen LogP contribution >= 0.6 is 0 Å². The van der Waals surface area contributed by atoms with Crippen LogP contribution in [0.1, 0.15) is 129 Å². The first kappa shape index (κ1) is 53.6. The maximum absolute atomic E-state index is 12.9. The molecule has 2 heterocycles. The Labute approximate surface area is 357 Å². The number of carbonyl (C=O) groups excluding carboxylic acids is 2. The van der Waals surface area contributed by atoms with Gasteiger partial charge < -0.3 is 64.2 Å². The van der Waals surface area contributed by atoms with Gasteiger partial charge in [0.1, 0.15) is 55.4 Å². The molecule has 60 heavy (non-hydrogen) atoms. The zero-order valence-corrected chi connectivity index (χ0v) is 35.9. The van der Waals surface area contributed by atoms with Gasteiger partial charge >= 0.3 is 11.9 Å². The van der Waals surface area contributed by atoms with Crippen molar-refractivity contribution in [3.8, 4) is 0 Å². The monoisotopic (exact) mass is 857 g/mol. The molecular formula is C45H76O15. The van der Waals surface area contributed by atoms with Crippen molar-refractivity contribution >= 4 is 11.9 Å². The lowest BCUT2D eigenvalue weighted by atomic mass is 9.98. The Balaban J connectivity index is 1.89. The number of unbranched alkanes of at least 4 members (excludes halogenated alkanes) is 10. The van der Waals surface area contributed by atoms with Crippen LogP contribution in [0.25, 0.3) is 0 Å². The fourth-order valence-electron chi connectivity index (χ4n) is 6.56. The zero-order valence-electron chi connectivity index (χ0n) is 35.9. The van der Waals surface area contributed by atoms with Crippen LogP contribution in [0.2, 0.25) is 0 Å². The summed E-state index contributed by atoms with van der Waals surface area (Å²) in [5.41, 5.74) is 0. The van der Waals surface area contributed by atoms with Crippen LogP contribution in [0, 0.1) is 0 Å². The van der Waals surface area contributed by atoms with Crippen molar-refractivity contribution in [2.75, 3.05) is 26.4 Å².